The zero-order valence-corrected chi connectivity index (χ0v) is 18.5. The molecule has 4 atom stereocenters. The van der Waals surface area contributed by atoms with Crippen LogP contribution in [0.3, 0.4) is 0 Å². The molecular formula is C26H19N3O6. The lowest BCUT2D eigenvalue weighted by Gasteiger charge is -2.36. The monoisotopic (exact) mass is 469 g/mol. The van der Waals surface area contributed by atoms with E-state index in [-0.39, 0.29) is 17.1 Å². The number of imide groups is 1. The molecule has 0 saturated carbocycles. The second-order valence-corrected chi connectivity index (χ2v) is 8.89. The van der Waals surface area contributed by atoms with E-state index >= 15 is 0 Å². The number of hydrogen-bond donors (Lipinski definition) is 0. The predicted molar refractivity (Wildman–Crippen MR) is 126 cm³/mol. The van der Waals surface area contributed by atoms with Crippen LogP contribution in [0.5, 0.6) is 0 Å². The van der Waals surface area contributed by atoms with Gasteiger partial charge >= 0.3 is 0 Å². The van der Waals surface area contributed by atoms with Crippen molar-refractivity contribution in [1.82, 2.24) is 0 Å². The molecule has 2 amide bonds. The summed E-state index contributed by atoms with van der Waals surface area (Å²) >= 11 is 0. The summed E-state index contributed by atoms with van der Waals surface area (Å²) in [5, 5.41) is 11.4. The maximum atomic E-state index is 13.9. The van der Waals surface area contributed by atoms with Gasteiger partial charge in [-0.25, -0.2) is 4.90 Å². The summed E-state index contributed by atoms with van der Waals surface area (Å²) in [5.74, 6) is -3.11. The molecule has 3 aliphatic rings. The maximum Gasteiger partial charge on any atom is 0.271 e. The first-order chi connectivity index (χ1) is 16.9. The highest BCUT2D eigenvalue weighted by atomic mass is 16.6. The summed E-state index contributed by atoms with van der Waals surface area (Å²) in [7, 11) is 0. The van der Waals surface area contributed by atoms with Crippen LogP contribution in [0.1, 0.15) is 21.7 Å². The number of furan rings is 1. The number of nitro groups is 1. The van der Waals surface area contributed by atoms with Crippen molar-refractivity contribution in [2.75, 3.05) is 9.80 Å². The summed E-state index contributed by atoms with van der Waals surface area (Å²) in [4.78, 5) is 55.0. The van der Waals surface area contributed by atoms with Crippen molar-refractivity contribution in [3.63, 3.8) is 0 Å². The Labute approximate surface area is 199 Å². The molecule has 3 aliphatic heterocycles. The Hall–Kier alpha value is -4.53. The van der Waals surface area contributed by atoms with E-state index in [0.29, 0.717) is 5.56 Å². The van der Waals surface area contributed by atoms with Crippen LogP contribution in [0, 0.1) is 28.9 Å². The second kappa shape index (κ2) is 7.49. The molecule has 4 heterocycles. The highest BCUT2D eigenvalue weighted by Crippen LogP contribution is 2.50. The van der Waals surface area contributed by atoms with Crippen molar-refractivity contribution >= 4 is 40.7 Å². The number of nitro benzene ring substituents is 1. The average Bonchev–Trinajstić information content (AvgIpc) is 3.56. The van der Waals surface area contributed by atoms with Crippen LogP contribution < -0.4 is 9.80 Å². The Morgan fingerprint density at radius 2 is 1.77 bits per heavy atom. The molecule has 35 heavy (non-hydrogen) atoms. The van der Waals surface area contributed by atoms with Gasteiger partial charge in [0, 0.05) is 17.8 Å². The van der Waals surface area contributed by atoms with E-state index in [1.54, 1.807) is 19.1 Å². The van der Waals surface area contributed by atoms with E-state index in [9.17, 15) is 24.5 Å². The van der Waals surface area contributed by atoms with Gasteiger partial charge in [0.25, 0.3) is 5.69 Å². The van der Waals surface area contributed by atoms with Gasteiger partial charge in [0.1, 0.15) is 6.04 Å². The molecule has 2 aromatic carbocycles. The number of benzene rings is 2. The number of para-hydroxylation sites is 1. The minimum atomic E-state index is -0.973. The minimum absolute atomic E-state index is 0.103. The first-order valence-electron chi connectivity index (χ1n) is 11.1. The molecule has 6 rings (SSSR count). The maximum absolute atomic E-state index is 13.9. The molecule has 2 fully saturated rings. The van der Waals surface area contributed by atoms with Gasteiger partial charge in [0.15, 0.2) is 5.76 Å². The fourth-order valence-corrected chi connectivity index (χ4v) is 5.57. The third kappa shape index (κ3) is 2.91. The molecule has 0 aliphatic carbocycles. The second-order valence-electron chi connectivity index (χ2n) is 8.89. The van der Waals surface area contributed by atoms with Crippen LogP contribution in [-0.2, 0) is 9.59 Å². The zero-order valence-electron chi connectivity index (χ0n) is 18.5. The fourth-order valence-electron chi connectivity index (χ4n) is 5.57. The third-order valence-corrected chi connectivity index (χ3v) is 7.09. The van der Waals surface area contributed by atoms with E-state index in [1.165, 1.54) is 24.5 Å². The van der Waals surface area contributed by atoms with Gasteiger partial charge in [-0.15, -0.1) is 0 Å². The van der Waals surface area contributed by atoms with Crippen molar-refractivity contribution < 1.29 is 23.7 Å². The fraction of sp³-hybridized carbons (Fsp3) is 0.192. The van der Waals surface area contributed by atoms with Crippen LogP contribution in [0.4, 0.5) is 17.1 Å². The van der Waals surface area contributed by atoms with Crippen molar-refractivity contribution in [1.29, 1.82) is 0 Å². The Bertz CT molecular complexity index is 1440. The van der Waals surface area contributed by atoms with E-state index < -0.39 is 46.4 Å². The largest absolute Gasteiger partial charge is 0.461 e. The molecule has 0 N–H and O–H groups in total. The Morgan fingerprint density at radius 3 is 2.51 bits per heavy atom. The van der Waals surface area contributed by atoms with Crippen LogP contribution in [-0.4, -0.2) is 34.6 Å². The first kappa shape index (κ1) is 21.0. The number of fused-ring (bicyclic) bond motifs is 5. The molecule has 3 aromatic rings. The number of ketones is 1. The molecule has 174 valence electrons. The smallest absolute Gasteiger partial charge is 0.271 e. The number of amides is 2. The van der Waals surface area contributed by atoms with Crippen LogP contribution in [0.2, 0.25) is 0 Å². The number of anilines is 2. The quantitative estimate of drug-likeness (QED) is 0.247. The number of carbonyl (C=O) groups is 3. The van der Waals surface area contributed by atoms with Crippen molar-refractivity contribution in [2.24, 2.45) is 11.8 Å². The lowest BCUT2D eigenvalue weighted by molar-refractivity contribution is -0.384. The number of nitrogens with zero attached hydrogens (tertiary/aromatic N) is 3. The van der Waals surface area contributed by atoms with Gasteiger partial charge in [0.05, 0.1) is 34.8 Å². The summed E-state index contributed by atoms with van der Waals surface area (Å²) in [6.45, 7) is 1.68. The lowest BCUT2D eigenvalue weighted by atomic mass is 9.87. The molecular weight excluding hydrogens is 450 g/mol. The SMILES string of the molecule is Cc1ccc([N+](=O)[O-])cc1N1C(=O)[C@@H]2[C@H](C1=O)[C@@H](C(=O)c1ccco1)N1c3ccccc3C=C[C@H]21. The highest BCUT2D eigenvalue weighted by Gasteiger charge is 2.64. The van der Waals surface area contributed by atoms with E-state index in [2.05, 4.69) is 0 Å². The van der Waals surface area contributed by atoms with Crippen molar-refractivity contribution in [2.45, 2.75) is 19.0 Å². The lowest BCUT2D eigenvalue weighted by Crippen LogP contribution is -2.48. The standard InChI is InChI=1S/C26H19N3O6/c1-14-8-10-16(29(33)34)13-19(14)28-25(31)21-18-11-9-15-5-2-3-6-17(15)27(18)23(22(21)26(28)32)24(30)20-7-4-12-35-20/h2-13,18,21-23H,1H3/t18-,21+,22+,23+/m1/s1. The molecule has 9 nitrogen and oxygen atoms in total. The minimum Gasteiger partial charge on any atom is -0.461 e. The van der Waals surface area contributed by atoms with Gasteiger partial charge in [0.2, 0.25) is 17.6 Å². The number of non-ortho nitro benzene ring substituents is 1. The first-order valence-corrected chi connectivity index (χ1v) is 11.1. The van der Waals surface area contributed by atoms with Crippen LogP contribution >= 0.6 is 0 Å². The van der Waals surface area contributed by atoms with Gasteiger partial charge < -0.3 is 9.32 Å². The van der Waals surface area contributed by atoms with E-state index in [4.69, 9.17) is 4.42 Å². The Kier molecular flexibility index (Phi) is 4.50. The number of Topliss-reactive ketones (excluding diaryl/α,β-unsaturated/α-hetero) is 1. The predicted octanol–water partition coefficient (Wildman–Crippen LogP) is 3.77. The van der Waals surface area contributed by atoms with Crippen molar-refractivity contribution in [3.05, 3.63) is 93.9 Å². The van der Waals surface area contributed by atoms with Crippen LogP contribution in [0.25, 0.3) is 6.08 Å². The summed E-state index contributed by atoms with van der Waals surface area (Å²) < 4.78 is 5.38. The summed E-state index contributed by atoms with van der Waals surface area (Å²) in [6.07, 6.45) is 5.14. The number of hydrogen-bond acceptors (Lipinski definition) is 7. The molecule has 0 radical (unpaired) electrons. The third-order valence-electron chi connectivity index (χ3n) is 7.09. The van der Waals surface area contributed by atoms with E-state index in [0.717, 1.165) is 16.2 Å². The van der Waals surface area contributed by atoms with Gasteiger partial charge in [-0.1, -0.05) is 36.4 Å². The Balaban J connectivity index is 1.50. The van der Waals surface area contributed by atoms with Crippen LogP contribution in [0.15, 0.2) is 71.4 Å². The number of rotatable bonds is 4. The van der Waals surface area contributed by atoms with Gasteiger partial charge in [-0.2, -0.15) is 0 Å². The topological polar surface area (TPSA) is 114 Å². The molecule has 0 spiro atoms. The summed E-state index contributed by atoms with van der Waals surface area (Å²) in [6, 6.07) is 13.2. The normalized spacial score (nSPS) is 24.4. The summed E-state index contributed by atoms with van der Waals surface area (Å²) in [5.41, 5.74) is 2.14. The molecule has 0 bridgehead atoms. The zero-order chi connectivity index (χ0) is 24.4. The Morgan fingerprint density at radius 1 is 1.00 bits per heavy atom. The number of aryl methyl sites for hydroxylation is 1. The molecule has 0 unspecified atom stereocenters. The number of carbonyl (C=O) groups excluding carboxylic acids is 3. The molecule has 1 aromatic heterocycles. The highest BCUT2D eigenvalue weighted by molar-refractivity contribution is 6.25. The average molecular weight is 469 g/mol. The molecule has 2 saturated heterocycles. The van der Waals surface area contributed by atoms with Crippen molar-refractivity contribution in [3.8, 4) is 0 Å². The van der Waals surface area contributed by atoms with Gasteiger partial charge in [-0.05, 0) is 36.2 Å². The van der Waals surface area contributed by atoms with E-state index in [1.807, 2.05) is 41.3 Å². The molecule has 9 heteroatoms. The van der Waals surface area contributed by atoms with Gasteiger partial charge in [-0.3, -0.25) is 24.5 Å².